The summed E-state index contributed by atoms with van der Waals surface area (Å²) in [4.78, 5) is 11.8. The Kier molecular flexibility index (Phi) is 2.96. The fourth-order valence-electron chi connectivity index (χ4n) is 6.30. The second kappa shape index (κ2) is 4.57. The lowest BCUT2D eigenvalue weighted by Crippen LogP contribution is -2.50. The van der Waals surface area contributed by atoms with Crippen molar-refractivity contribution in [3.8, 4) is 6.07 Å². The molecule has 0 N–H and O–H groups in total. The quantitative estimate of drug-likeness (QED) is 0.656. The summed E-state index contributed by atoms with van der Waals surface area (Å²) in [6.07, 6.45) is 11.7. The lowest BCUT2D eigenvalue weighted by Gasteiger charge is -2.57. The molecule has 0 aromatic rings. The zero-order valence-corrected chi connectivity index (χ0v) is 13.7. The average Bonchev–Trinajstić information content (AvgIpc) is 2.84. The second-order valence-corrected chi connectivity index (χ2v) is 8.39. The highest BCUT2D eigenvalue weighted by Gasteiger charge is 2.57. The summed E-state index contributed by atoms with van der Waals surface area (Å²) in [6.45, 7) is 4.74. The summed E-state index contributed by atoms with van der Waals surface area (Å²) in [5.41, 5.74) is 2.84. The van der Waals surface area contributed by atoms with E-state index in [2.05, 4.69) is 26.0 Å². The Morgan fingerprint density at radius 1 is 1.14 bits per heavy atom. The number of carbonyl (C=O) groups excluding carboxylic acids is 1. The molecule has 0 aliphatic heterocycles. The topological polar surface area (TPSA) is 40.9 Å². The SMILES string of the molecule is C[C@]12CCC(=O)C=C1CCC1[C@H]2CC[C@]2(C)C(C#N)=CC[C@H]12. The van der Waals surface area contributed by atoms with Crippen molar-refractivity contribution >= 4 is 5.78 Å². The van der Waals surface area contributed by atoms with Crippen molar-refractivity contribution in [3.63, 3.8) is 0 Å². The first-order valence-electron chi connectivity index (χ1n) is 8.83. The zero-order chi connectivity index (χ0) is 15.5. The van der Waals surface area contributed by atoms with Crippen LogP contribution in [0.15, 0.2) is 23.3 Å². The van der Waals surface area contributed by atoms with Gasteiger partial charge in [0.2, 0.25) is 0 Å². The molecule has 22 heavy (non-hydrogen) atoms. The van der Waals surface area contributed by atoms with Crippen molar-refractivity contribution in [2.24, 2.45) is 28.6 Å². The number of rotatable bonds is 0. The highest BCUT2D eigenvalue weighted by atomic mass is 16.1. The summed E-state index contributed by atoms with van der Waals surface area (Å²) < 4.78 is 0. The molecule has 0 bridgehead atoms. The molecule has 0 saturated heterocycles. The van der Waals surface area contributed by atoms with Crippen molar-refractivity contribution in [1.29, 1.82) is 5.26 Å². The molecule has 4 rings (SSSR count). The maximum atomic E-state index is 11.8. The van der Waals surface area contributed by atoms with Crippen LogP contribution in [0, 0.1) is 39.9 Å². The van der Waals surface area contributed by atoms with Crippen LogP contribution in [0.1, 0.15) is 58.8 Å². The number of nitriles is 1. The van der Waals surface area contributed by atoms with Gasteiger partial charge in [0.1, 0.15) is 0 Å². The third-order valence-corrected chi connectivity index (χ3v) is 7.66. The second-order valence-electron chi connectivity index (χ2n) is 8.39. The molecule has 4 aliphatic carbocycles. The van der Waals surface area contributed by atoms with E-state index in [1.54, 1.807) is 0 Å². The predicted molar refractivity (Wildman–Crippen MR) is 85.8 cm³/mol. The van der Waals surface area contributed by atoms with Gasteiger partial charge in [0.05, 0.1) is 6.07 Å². The molecular formula is C20H25NO. The molecular weight excluding hydrogens is 270 g/mol. The lowest BCUT2D eigenvalue weighted by atomic mass is 9.47. The maximum Gasteiger partial charge on any atom is 0.155 e. The van der Waals surface area contributed by atoms with Gasteiger partial charge in [-0.3, -0.25) is 4.79 Å². The minimum atomic E-state index is 0.123. The summed E-state index contributed by atoms with van der Waals surface area (Å²) >= 11 is 0. The van der Waals surface area contributed by atoms with Gasteiger partial charge in [-0.15, -0.1) is 0 Å². The van der Waals surface area contributed by atoms with Crippen LogP contribution >= 0.6 is 0 Å². The van der Waals surface area contributed by atoms with Crippen LogP contribution in [0.5, 0.6) is 0 Å². The van der Waals surface area contributed by atoms with Crippen LogP contribution in [0.2, 0.25) is 0 Å². The van der Waals surface area contributed by atoms with E-state index in [1.807, 2.05) is 6.08 Å². The van der Waals surface area contributed by atoms with E-state index in [1.165, 1.54) is 18.4 Å². The van der Waals surface area contributed by atoms with Gasteiger partial charge < -0.3 is 0 Å². The van der Waals surface area contributed by atoms with Crippen LogP contribution in [0.4, 0.5) is 0 Å². The Morgan fingerprint density at radius 2 is 1.95 bits per heavy atom. The number of ketones is 1. The molecule has 0 amide bonds. The standard InChI is InChI=1S/C20H25NO/c1-19-9-7-15(22)11-13(19)3-5-16-17-6-4-14(12-21)20(17,2)10-8-18(16)19/h4,11,16-18H,3,5-10H2,1-2H3/t16?,17-,18-,19+,20-/m1/s1. The van der Waals surface area contributed by atoms with Gasteiger partial charge in [-0.25, -0.2) is 0 Å². The van der Waals surface area contributed by atoms with Crippen molar-refractivity contribution in [3.05, 3.63) is 23.3 Å². The molecule has 0 spiro atoms. The maximum absolute atomic E-state index is 11.8. The van der Waals surface area contributed by atoms with Crippen molar-refractivity contribution in [2.45, 2.75) is 58.8 Å². The molecule has 1 unspecified atom stereocenters. The monoisotopic (exact) mass is 295 g/mol. The number of hydrogen-bond acceptors (Lipinski definition) is 2. The zero-order valence-electron chi connectivity index (χ0n) is 13.7. The Morgan fingerprint density at radius 3 is 2.73 bits per heavy atom. The fraction of sp³-hybridized carbons (Fsp3) is 0.700. The Balaban J connectivity index is 1.69. The van der Waals surface area contributed by atoms with Gasteiger partial charge in [0.25, 0.3) is 0 Å². The number of fused-ring (bicyclic) bond motifs is 5. The van der Waals surface area contributed by atoms with Crippen molar-refractivity contribution in [1.82, 2.24) is 0 Å². The third-order valence-electron chi connectivity index (χ3n) is 7.66. The third kappa shape index (κ3) is 1.69. The molecule has 2 heteroatoms. The summed E-state index contributed by atoms with van der Waals surface area (Å²) in [6, 6.07) is 2.48. The fourth-order valence-corrected chi connectivity index (χ4v) is 6.30. The molecule has 0 radical (unpaired) electrons. The number of allylic oxidation sites excluding steroid dienone is 4. The summed E-state index contributed by atoms with van der Waals surface area (Å²) in [5, 5.41) is 9.47. The summed E-state index contributed by atoms with van der Waals surface area (Å²) in [7, 11) is 0. The first-order chi connectivity index (χ1) is 10.5. The Hall–Kier alpha value is -1.36. The number of carbonyl (C=O) groups is 1. The van der Waals surface area contributed by atoms with Crippen LogP contribution in [-0.2, 0) is 4.79 Å². The molecule has 116 valence electrons. The van der Waals surface area contributed by atoms with Crippen LogP contribution in [-0.4, -0.2) is 5.78 Å². The lowest BCUT2D eigenvalue weighted by molar-refractivity contribution is -0.117. The molecule has 5 atom stereocenters. The van der Waals surface area contributed by atoms with E-state index in [0.29, 0.717) is 17.6 Å². The van der Waals surface area contributed by atoms with Gasteiger partial charge >= 0.3 is 0 Å². The van der Waals surface area contributed by atoms with E-state index in [-0.39, 0.29) is 10.8 Å². The Bertz CT molecular complexity index is 637. The molecule has 0 aromatic carbocycles. The van der Waals surface area contributed by atoms with E-state index in [0.717, 1.165) is 43.6 Å². The van der Waals surface area contributed by atoms with Crippen molar-refractivity contribution < 1.29 is 4.79 Å². The predicted octanol–water partition coefficient (Wildman–Crippen LogP) is 4.58. The summed E-state index contributed by atoms with van der Waals surface area (Å²) in [5.74, 6) is 2.43. The molecule has 4 aliphatic rings. The van der Waals surface area contributed by atoms with Gasteiger partial charge in [0.15, 0.2) is 5.78 Å². The first-order valence-corrected chi connectivity index (χ1v) is 8.83. The van der Waals surface area contributed by atoms with Crippen LogP contribution in [0.3, 0.4) is 0 Å². The van der Waals surface area contributed by atoms with Gasteiger partial charge in [-0.05, 0) is 67.8 Å². The van der Waals surface area contributed by atoms with Crippen LogP contribution < -0.4 is 0 Å². The van der Waals surface area contributed by atoms with E-state index >= 15 is 0 Å². The first kappa shape index (κ1) is 14.2. The highest BCUT2D eigenvalue weighted by molar-refractivity contribution is 5.91. The number of hydrogen-bond donors (Lipinski definition) is 0. The van der Waals surface area contributed by atoms with Gasteiger partial charge in [-0.2, -0.15) is 5.26 Å². The van der Waals surface area contributed by atoms with E-state index in [4.69, 9.17) is 0 Å². The van der Waals surface area contributed by atoms with E-state index in [9.17, 15) is 10.1 Å². The molecule has 2 nitrogen and oxygen atoms in total. The largest absolute Gasteiger partial charge is 0.295 e. The minimum absolute atomic E-state index is 0.123. The minimum Gasteiger partial charge on any atom is -0.295 e. The number of nitrogens with zero attached hydrogens (tertiary/aromatic N) is 1. The van der Waals surface area contributed by atoms with Crippen LogP contribution in [0.25, 0.3) is 0 Å². The molecule has 2 fully saturated rings. The van der Waals surface area contributed by atoms with Gasteiger partial charge in [-0.1, -0.05) is 25.5 Å². The average molecular weight is 295 g/mol. The smallest absolute Gasteiger partial charge is 0.155 e. The molecule has 0 heterocycles. The highest BCUT2D eigenvalue weighted by Crippen LogP contribution is 2.65. The normalized spacial score (nSPS) is 46.8. The molecule has 2 saturated carbocycles. The van der Waals surface area contributed by atoms with Gasteiger partial charge in [0, 0.05) is 17.4 Å². The van der Waals surface area contributed by atoms with E-state index < -0.39 is 0 Å². The molecule has 0 aromatic heterocycles. The Labute approximate surface area is 133 Å². The van der Waals surface area contributed by atoms with Crippen molar-refractivity contribution in [2.75, 3.05) is 0 Å².